The summed E-state index contributed by atoms with van der Waals surface area (Å²) in [4.78, 5) is 27.1. The van der Waals surface area contributed by atoms with Crippen molar-refractivity contribution in [3.05, 3.63) is 64.7 Å². The van der Waals surface area contributed by atoms with Gasteiger partial charge in [0.1, 0.15) is 6.04 Å². The van der Waals surface area contributed by atoms with Gasteiger partial charge in [-0.15, -0.1) is 0 Å². The lowest BCUT2D eigenvalue weighted by Gasteiger charge is -2.24. The van der Waals surface area contributed by atoms with Crippen molar-refractivity contribution in [3.63, 3.8) is 0 Å². The Labute approximate surface area is 146 Å². The average molecular weight is 343 g/mol. The van der Waals surface area contributed by atoms with E-state index in [1.54, 1.807) is 35.2 Å². The van der Waals surface area contributed by atoms with Crippen LogP contribution in [0.4, 0.5) is 5.69 Å². The quantitative estimate of drug-likeness (QED) is 0.836. The standard InChI is InChI=1S/C19H19ClN2O2/c1-2-3-12-21-18(23)17-15-6-4-5-7-16(15)19(24)22(17)14-10-8-13(20)9-11-14/h4-11,17H,2-3,12H2,1H3,(H,21,23). The minimum atomic E-state index is -0.647. The summed E-state index contributed by atoms with van der Waals surface area (Å²) in [5.41, 5.74) is 1.98. The summed E-state index contributed by atoms with van der Waals surface area (Å²) in [6.07, 6.45) is 1.91. The van der Waals surface area contributed by atoms with Crippen molar-refractivity contribution < 1.29 is 9.59 Å². The smallest absolute Gasteiger partial charge is 0.259 e. The minimum Gasteiger partial charge on any atom is -0.354 e. The summed E-state index contributed by atoms with van der Waals surface area (Å²) in [5, 5.41) is 3.53. The molecule has 1 heterocycles. The zero-order chi connectivity index (χ0) is 17.1. The summed E-state index contributed by atoms with van der Waals surface area (Å²) in [6, 6.07) is 13.6. The molecule has 5 heteroatoms. The molecule has 24 heavy (non-hydrogen) atoms. The van der Waals surface area contributed by atoms with E-state index in [-0.39, 0.29) is 11.8 Å². The molecule has 124 valence electrons. The van der Waals surface area contributed by atoms with Gasteiger partial charge in [-0.1, -0.05) is 43.1 Å². The van der Waals surface area contributed by atoms with E-state index in [0.29, 0.717) is 22.8 Å². The van der Waals surface area contributed by atoms with Crippen LogP contribution in [0.1, 0.15) is 41.7 Å². The van der Waals surface area contributed by atoms with Crippen LogP contribution in [0.25, 0.3) is 0 Å². The maximum absolute atomic E-state index is 12.8. The number of rotatable bonds is 5. The van der Waals surface area contributed by atoms with Crippen molar-refractivity contribution >= 4 is 29.1 Å². The Bertz CT molecular complexity index is 758. The molecule has 0 spiro atoms. The highest BCUT2D eigenvalue weighted by molar-refractivity contribution is 6.30. The van der Waals surface area contributed by atoms with Gasteiger partial charge in [0.05, 0.1) is 0 Å². The number of hydrogen-bond acceptors (Lipinski definition) is 2. The van der Waals surface area contributed by atoms with Crippen LogP contribution in [0.15, 0.2) is 48.5 Å². The van der Waals surface area contributed by atoms with Crippen LogP contribution in [0.3, 0.4) is 0 Å². The lowest BCUT2D eigenvalue weighted by Crippen LogP contribution is -2.39. The first-order valence-corrected chi connectivity index (χ1v) is 8.47. The van der Waals surface area contributed by atoms with Crippen molar-refractivity contribution in [1.29, 1.82) is 0 Å². The first kappa shape index (κ1) is 16.5. The highest BCUT2D eigenvalue weighted by Gasteiger charge is 2.41. The molecule has 0 aliphatic carbocycles. The van der Waals surface area contributed by atoms with Gasteiger partial charge in [-0.3, -0.25) is 14.5 Å². The van der Waals surface area contributed by atoms with Crippen LogP contribution < -0.4 is 10.2 Å². The van der Waals surface area contributed by atoms with E-state index in [2.05, 4.69) is 12.2 Å². The summed E-state index contributed by atoms with van der Waals surface area (Å²) >= 11 is 5.94. The van der Waals surface area contributed by atoms with Gasteiger partial charge in [-0.2, -0.15) is 0 Å². The second kappa shape index (κ2) is 7.05. The Hall–Kier alpha value is -2.33. The van der Waals surface area contributed by atoms with E-state index in [4.69, 9.17) is 11.6 Å². The Kier molecular flexibility index (Phi) is 4.86. The predicted octanol–water partition coefficient (Wildman–Crippen LogP) is 3.96. The van der Waals surface area contributed by atoms with Crippen LogP contribution >= 0.6 is 11.6 Å². The summed E-state index contributed by atoms with van der Waals surface area (Å²) < 4.78 is 0. The summed E-state index contributed by atoms with van der Waals surface area (Å²) in [7, 11) is 0. The van der Waals surface area contributed by atoms with Crippen LogP contribution in [-0.4, -0.2) is 18.4 Å². The van der Waals surface area contributed by atoms with Crippen molar-refractivity contribution in [3.8, 4) is 0 Å². The van der Waals surface area contributed by atoms with Gasteiger partial charge in [0.15, 0.2) is 0 Å². The van der Waals surface area contributed by atoms with Crippen LogP contribution in [0, 0.1) is 0 Å². The normalized spacial score (nSPS) is 16.2. The van der Waals surface area contributed by atoms with E-state index >= 15 is 0 Å². The van der Waals surface area contributed by atoms with E-state index in [9.17, 15) is 9.59 Å². The van der Waals surface area contributed by atoms with Crippen molar-refractivity contribution in [2.75, 3.05) is 11.4 Å². The Morgan fingerprint density at radius 2 is 1.88 bits per heavy atom. The fourth-order valence-electron chi connectivity index (χ4n) is 2.93. The maximum Gasteiger partial charge on any atom is 0.259 e. The molecule has 1 atom stereocenters. The molecule has 0 fully saturated rings. The van der Waals surface area contributed by atoms with Gasteiger partial charge in [-0.25, -0.2) is 0 Å². The van der Waals surface area contributed by atoms with Crippen LogP contribution in [0.2, 0.25) is 5.02 Å². The van der Waals surface area contributed by atoms with Crippen molar-refractivity contribution in [2.45, 2.75) is 25.8 Å². The summed E-state index contributed by atoms with van der Waals surface area (Å²) in [5.74, 6) is -0.319. The molecule has 1 aliphatic heterocycles. The average Bonchev–Trinajstić information content (AvgIpc) is 2.89. The maximum atomic E-state index is 12.8. The molecule has 1 aliphatic rings. The van der Waals surface area contributed by atoms with Gasteiger partial charge in [-0.05, 0) is 42.3 Å². The molecule has 0 saturated carbocycles. The van der Waals surface area contributed by atoms with Gasteiger partial charge < -0.3 is 5.32 Å². The number of benzene rings is 2. The lowest BCUT2D eigenvalue weighted by molar-refractivity contribution is -0.122. The third kappa shape index (κ3) is 3.02. The number of anilines is 1. The Morgan fingerprint density at radius 1 is 1.17 bits per heavy atom. The van der Waals surface area contributed by atoms with E-state index in [1.165, 1.54) is 0 Å². The third-order valence-corrected chi connectivity index (χ3v) is 4.40. The minimum absolute atomic E-state index is 0.156. The lowest BCUT2D eigenvalue weighted by atomic mass is 10.0. The van der Waals surface area contributed by atoms with Gasteiger partial charge in [0, 0.05) is 22.8 Å². The molecule has 0 aromatic heterocycles. The van der Waals surface area contributed by atoms with Crippen molar-refractivity contribution in [1.82, 2.24) is 5.32 Å². The van der Waals surface area contributed by atoms with E-state index in [1.807, 2.05) is 18.2 Å². The molecule has 1 N–H and O–H groups in total. The number of unbranched alkanes of at least 4 members (excludes halogenated alkanes) is 1. The zero-order valence-corrected chi connectivity index (χ0v) is 14.2. The highest BCUT2D eigenvalue weighted by Crippen LogP contribution is 2.37. The molecular formula is C19H19ClN2O2. The summed E-state index contributed by atoms with van der Waals surface area (Å²) in [6.45, 7) is 2.68. The number of fused-ring (bicyclic) bond motifs is 1. The topological polar surface area (TPSA) is 49.4 Å². The number of hydrogen-bond donors (Lipinski definition) is 1. The Balaban J connectivity index is 1.98. The number of carbonyl (C=O) groups excluding carboxylic acids is 2. The molecule has 2 aromatic rings. The zero-order valence-electron chi connectivity index (χ0n) is 13.5. The number of carbonyl (C=O) groups is 2. The van der Waals surface area contributed by atoms with Gasteiger partial charge >= 0.3 is 0 Å². The molecule has 4 nitrogen and oxygen atoms in total. The van der Waals surface area contributed by atoms with E-state index in [0.717, 1.165) is 18.4 Å². The fraction of sp³-hybridized carbons (Fsp3) is 0.263. The molecule has 2 aromatic carbocycles. The number of nitrogens with one attached hydrogen (secondary N) is 1. The monoisotopic (exact) mass is 342 g/mol. The largest absolute Gasteiger partial charge is 0.354 e. The molecule has 0 bridgehead atoms. The predicted molar refractivity (Wildman–Crippen MR) is 95.4 cm³/mol. The van der Waals surface area contributed by atoms with Gasteiger partial charge in [0.25, 0.3) is 5.91 Å². The molecule has 2 amide bonds. The van der Waals surface area contributed by atoms with Crippen LogP contribution in [0.5, 0.6) is 0 Å². The second-order valence-corrected chi connectivity index (χ2v) is 6.22. The second-order valence-electron chi connectivity index (χ2n) is 5.79. The molecule has 1 unspecified atom stereocenters. The highest BCUT2D eigenvalue weighted by atomic mass is 35.5. The number of halogens is 1. The molecular weight excluding hydrogens is 324 g/mol. The SMILES string of the molecule is CCCCNC(=O)C1c2ccccc2C(=O)N1c1ccc(Cl)cc1. The molecule has 3 rings (SSSR count). The Morgan fingerprint density at radius 3 is 2.58 bits per heavy atom. The number of amides is 2. The fourth-order valence-corrected chi connectivity index (χ4v) is 3.05. The van der Waals surface area contributed by atoms with Crippen LogP contribution in [-0.2, 0) is 4.79 Å². The van der Waals surface area contributed by atoms with Gasteiger partial charge in [0.2, 0.25) is 5.91 Å². The third-order valence-electron chi connectivity index (χ3n) is 4.15. The number of nitrogens with zero attached hydrogens (tertiary/aromatic N) is 1. The van der Waals surface area contributed by atoms with Crippen molar-refractivity contribution in [2.24, 2.45) is 0 Å². The first-order valence-electron chi connectivity index (χ1n) is 8.09. The van der Waals surface area contributed by atoms with E-state index < -0.39 is 6.04 Å². The first-order chi connectivity index (χ1) is 11.6. The molecule has 0 saturated heterocycles. The molecule has 0 radical (unpaired) electrons.